The Morgan fingerprint density at radius 3 is 3.00 bits per heavy atom. The van der Waals surface area contributed by atoms with Crippen molar-refractivity contribution in [1.29, 1.82) is 0 Å². The Hall–Kier alpha value is -0.800. The normalized spacial score (nSPS) is 13.6. The Kier molecular flexibility index (Phi) is 1.87. The van der Waals surface area contributed by atoms with Crippen LogP contribution in [-0.2, 0) is 0 Å². The molecular formula is C6H10N2O. The second-order valence-corrected chi connectivity index (χ2v) is 1.91. The van der Waals surface area contributed by atoms with Gasteiger partial charge in [0.05, 0.1) is 12.6 Å². The topological polar surface area (TPSA) is 62.0 Å². The maximum Gasteiger partial charge on any atom is 0.0682 e. The average Bonchev–Trinajstić information content (AvgIpc) is 2.37. The molecule has 0 radical (unpaired) electrons. The molecule has 0 fully saturated rings. The summed E-state index contributed by atoms with van der Waals surface area (Å²) in [5.41, 5.74) is 6.33. The summed E-state index contributed by atoms with van der Waals surface area (Å²) in [7, 11) is 0. The van der Waals surface area contributed by atoms with Crippen LogP contribution in [-0.4, -0.2) is 16.7 Å². The minimum Gasteiger partial charge on any atom is -0.394 e. The van der Waals surface area contributed by atoms with Crippen molar-refractivity contribution in [3.05, 3.63) is 24.0 Å². The zero-order valence-electron chi connectivity index (χ0n) is 5.04. The lowest BCUT2D eigenvalue weighted by Gasteiger charge is -2.02. The van der Waals surface area contributed by atoms with E-state index in [0.29, 0.717) is 0 Å². The molecule has 9 heavy (non-hydrogen) atoms. The molecule has 1 atom stereocenters. The van der Waals surface area contributed by atoms with Gasteiger partial charge in [-0.1, -0.05) is 0 Å². The predicted octanol–water partition coefficient (Wildman–Crippen LogP) is 0.00680. The molecule has 0 spiro atoms. The molecular weight excluding hydrogens is 116 g/mol. The fraction of sp³-hybridized carbons (Fsp3) is 0.333. The van der Waals surface area contributed by atoms with Crippen molar-refractivity contribution in [3.8, 4) is 0 Å². The summed E-state index contributed by atoms with van der Waals surface area (Å²) < 4.78 is 0. The standard InChI is InChI=1S/C6H10N2O/c7-5(4-9)6-2-1-3-8-6/h1-3,5,8-9H,4,7H2/t5-/m1/s1. The van der Waals surface area contributed by atoms with Crippen molar-refractivity contribution < 1.29 is 5.11 Å². The third kappa shape index (κ3) is 1.31. The quantitative estimate of drug-likeness (QED) is 0.522. The summed E-state index contributed by atoms with van der Waals surface area (Å²) in [6, 6.07) is 3.44. The van der Waals surface area contributed by atoms with Crippen molar-refractivity contribution in [2.24, 2.45) is 5.73 Å². The van der Waals surface area contributed by atoms with Crippen LogP contribution in [0.4, 0.5) is 0 Å². The minimum absolute atomic E-state index is 0.0134. The summed E-state index contributed by atoms with van der Waals surface area (Å²) in [6.45, 7) is -0.0134. The minimum atomic E-state index is -0.264. The molecule has 1 rings (SSSR count). The number of aliphatic hydroxyl groups excluding tert-OH is 1. The molecule has 1 heterocycles. The van der Waals surface area contributed by atoms with Gasteiger partial charge in [-0.05, 0) is 12.1 Å². The third-order valence-electron chi connectivity index (χ3n) is 1.22. The van der Waals surface area contributed by atoms with Crippen LogP contribution in [0.3, 0.4) is 0 Å². The largest absolute Gasteiger partial charge is 0.394 e. The maximum absolute atomic E-state index is 8.56. The second kappa shape index (κ2) is 2.66. The SMILES string of the molecule is N[C@H](CO)c1ccc[nH]1. The van der Waals surface area contributed by atoms with Crippen molar-refractivity contribution in [1.82, 2.24) is 4.98 Å². The van der Waals surface area contributed by atoms with Gasteiger partial charge in [-0.3, -0.25) is 0 Å². The molecule has 0 aliphatic rings. The van der Waals surface area contributed by atoms with E-state index in [1.807, 2.05) is 12.1 Å². The van der Waals surface area contributed by atoms with E-state index < -0.39 is 0 Å². The Bertz CT molecular complexity index is 160. The van der Waals surface area contributed by atoms with Gasteiger partial charge in [0.1, 0.15) is 0 Å². The van der Waals surface area contributed by atoms with E-state index in [1.165, 1.54) is 0 Å². The van der Waals surface area contributed by atoms with E-state index in [-0.39, 0.29) is 12.6 Å². The Morgan fingerprint density at radius 1 is 1.78 bits per heavy atom. The molecule has 0 saturated heterocycles. The number of rotatable bonds is 2. The average molecular weight is 126 g/mol. The smallest absolute Gasteiger partial charge is 0.0682 e. The van der Waals surface area contributed by atoms with E-state index in [1.54, 1.807) is 6.20 Å². The summed E-state index contributed by atoms with van der Waals surface area (Å²) in [4.78, 5) is 2.90. The van der Waals surface area contributed by atoms with Crippen LogP contribution in [0, 0.1) is 0 Å². The summed E-state index contributed by atoms with van der Waals surface area (Å²) in [5.74, 6) is 0. The van der Waals surface area contributed by atoms with Gasteiger partial charge in [0.2, 0.25) is 0 Å². The number of H-pyrrole nitrogens is 1. The predicted molar refractivity (Wildman–Crippen MR) is 34.8 cm³/mol. The lowest BCUT2D eigenvalue weighted by Crippen LogP contribution is -2.14. The van der Waals surface area contributed by atoms with Crippen molar-refractivity contribution in [3.63, 3.8) is 0 Å². The highest BCUT2D eigenvalue weighted by Crippen LogP contribution is 2.03. The first kappa shape index (κ1) is 6.32. The van der Waals surface area contributed by atoms with Gasteiger partial charge >= 0.3 is 0 Å². The number of nitrogens with two attached hydrogens (primary N) is 1. The molecule has 1 aromatic heterocycles. The highest BCUT2D eigenvalue weighted by atomic mass is 16.3. The fourth-order valence-corrected chi connectivity index (χ4v) is 0.673. The van der Waals surface area contributed by atoms with E-state index in [9.17, 15) is 0 Å². The Labute approximate surface area is 53.5 Å². The molecule has 4 N–H and O–H groups in total. The number of hydrogen-bond donors (Lipinski definition) is 3. The number of hydrogen-bond acceptors (Lipinski definition) is 2. The molecule has 0 bridgehead atoms. The Morgan fingerprint density at radius 2 is 2.56 bits per heavy atom. The van der Waals surface area contributed by atoms with Crippen LogP contribution in [0.15, 0.2) is 18.3 Å². The van der Waals surface area contributed by atoms with Gasteiger partial charge in [-0.15, -0.1) is 0 Å². The van der Waals surface area contributed by atoms with Crippen LogP contribution < -0.4 is 5.73 Å². The molecule has 0 aromatic carbocycles. The van der Waals surface area contributed by atoms with Crippen molar-refractivity contribution in [2.45, 2.75) is 6.04 Å². The van der Waals surface area contributed by atoms with Crippen LogP contribution in [0.1, 0.15) is 11.7 Å². The van der Waals surface area contributed by atoms with E-state index >= 15 is 0 Å². The number of aliphatic hydroxyl groups is 1. The molecule has 0 unspecified atom stereocenters. The molecule has 3 nitrogen and oxygen atoms in total. The van der Waals surface area contributed by atoms with E-state index in [2.05, 4.69) is 4.98 Å². The zero-order chi connectivity index (χ0) is 6.69. The molecule has 0 aliphatic carbocycles. The Balaban J connectivity index is 2.65. The number of nitrogens with one attached hydrogen (secondary N) is 1. The monoisotopic (exact) mass is 126 g/mol. The molecule has 0 aliphatic heterocycles. The van der Waals surface area contributed by atoms with Gasteiger partial charge in [0, 0.05) is 11.9 Å². The van der Waals surface area contributed by atoms with Crippen LogP contribution >= 0.6 is 0 Å². The molecule has 0 amide bonds. The fourth-order valence-electron chi connectivity index (χ4n) is 0.673. The van der Waals surface area contributed by atoms with Gasteiger partial charge in [-0.25, -0.2) is 0 Å². The summed E-state index contributed by atoms with van der Waals surface area (Å²) in [6.07, 6.45) is 1.78. The van der Waals surface area contributed by atoms with Crippen molar-refractivity contribution in [2.75, 3.05) is 6.61 Å². The first-order valence-corrected chi connectivity index (χ1v) is 2.84. The summed E-state index contributed by atoms with van der Waals surface area (Å²) in [5, 5.41) is 8.56. The van der Waals surface area contributed by atoms with Crippen molar-refractivity contribution >= 4 is 0 Å². The molecule has 50 valence electrons. The highest BCUT2D eigenvalue weighted by molar-refractivity contribution is 5.07. The maximum atomic E-state index is 8.56. The van der Waals surface area contributed by atoms with Gasteiger partial charge in [0.25, 0.3) is 0 Å². The number of aromatic nitrogens is 1. The van der Waals surface area contributed by atoms with Gasteiger partial charge in [-0.2, -0.15) is 0 Å². The summed E-state index contributed by atoms with van der Waals surface area (Å²) >= 11 is 0. The van der Waals surface area contributed by atoms with Crippen LogP contribution in [0.25, 0.3) is 0 Å². The van der Waals surface area contributed by atoms with E-state index in [0.717, 1.165) is 5.69 Å². The molecule has 0 saturated carbocycles. The first-order valence-electron chi connectivity index (χ1n) is 2.84. The lowest BCUT2D eigenvalue weighted by atomic mass is 10.2. The highest BCUT2D eigenvalue weighted by Gasteiger charge is 2.01. The van der Waals surface area contributed by atoms with Crippen LogP contribution in [0.5, 0.6) is 0 Å². The first-order chi connectivity index (χ1) is 4.34. The zero-order valence-corrected chi connectivity index (χ0v) is 5.04. The molecule has 3 heteroatoms. The van der Waals surface area contributed by atoms with Crippen LogP contribution in [0.2, 0.25) is 0 Å². The van der Waals surface area contributed by atoms with Gasteiger partial charge < -0.3 is 15.8 Å². The van der Waals surface area contributed by atoms with Gasteiger partial charge in [0.15, 0.2) is 0 Å². The number of aromatic amines is 1. The lowest BCUT2D eigenvalue weighted by molar-refractivity contribution is 0.266. The van der Waals surface area contributed by atoms with E-state index in [4.69, 9.17) is 10.8 Å². The second-order valence-electron chi connectivity index (χ2n) is 1.91. The third-order valence-corrected chi connectivity index (χ3v) is 1.22. The molecule has 1 aromatic rings.